The molecule has 0 fully saturated rings. The van der Waals surface area contributed by atoms with Gasteiger partial charge in [-0.1, -0.05) is 32.1 Å². The molecule has 0 saturated heterocycles. The van der Waals surface area contributed by atoms with E-state index >= 15 is 0 Å². The smallest absolute Gasteiger partial charge is 0.223 e. The van der Waals surface area contributed by atoms with Gasteiger partial charge in [-0.15, -0.1) is 0 Å². The minimum atomic E-state index is 0.628. The quantitative estimate of drug-likeness (QED) is 0.847. The van der Waals surface area contributed by atoms with Crippen LogP contribution < -0.4 is 5.73 Å². The first-order chi connectivity index (χ1) is 9.33. The van der Waals surface area contributed by atoms with Crippen LogP contribution in [0.25, 0.3) is 16.7 Å². The molecule has 4 heteroatoms. The number of oxazole rings is 1. The van der Waals surface area contributed by atoms with Gasteiger partial charge in [0.25, 0.3) is 0 Å². The lowest BCUT2D eigenvalue weighted by Crippen LogP contribution is -1.91. The summed E-state index contributed by atoms with van der Waals surface area (Å²) in [7, 11) is 0. The van der Waals surface area contributed by atoms with E-state index in [0.29, 0.717) is 11.5 Å². The molecule has 0 aliphatic heterocycles. The van der Waals surface area contributed by atoms with E-state index in [0.717, 1.165) is 23.2 Å². The Hall–Kier alpha value is -2.36. The lowest BCUT2D eigenvalue weighted by molar-refractivity contribution is 0.581. The number of pyridine rings is 1. The van der Waals surface area contributed by atoms with E-state index in [1.165, 1.54) is 0 Å². The topological polar surface area (TPSA) is 64.9 Å². The van der Waals surface area contributed by atoms with Crippen molar-refractivity contribution >= 4 is 16.7 Å². The molecule has 1 aliphatic carbocycles. The number of rotatable bonds is 1. The first-order valence-electron chi connectivity index (χ1n) is 6.37. The van der Waals surface area contributed by atoms with Crippen LogP contribution >= 0.6 is 0 Å². The molecular weight excluding hydrogens is 238 g/mol. The number of allylic oxidation sites excluding steroid dienone is 5. The maximum Gasteiger partial charge on any atom is 0.223 e. The average molecular weight is 255 g/mol. The van der Waals surface area contributed by atoms with E-state index in [9.17, 15) is 0 Å². The summed E-state index contributed by atoms with van der Waals surface area (Å²) >= 11 is 0. The van der Waals surface area contributed by atoms with Crippen LogP contribution in [0.4, 0.5) is 0 Å². The fourth-order valence-corrected chi connectivity index (χ4v) is 1.72. The van der Waals surface area contributed by atoms with Gasteiger partial charge in [-0.25, -0.2) is 4.98 Å². The Labute approximate surface area is 112 Å². The summed E-state index contributed by atoms with van der Waals surface area (Å²) in [6.07, 6.45) is 11.8. The third kappa shape index (κ3) is 2.91. The zero-order chi connectivity index (χ0) is 13.7. The predicted molar refractivity (Wildman–Crippen MR) is 77.2 cm³/mol. The summed E-state index contributed by atoms with van der Waals surface area (Å²) in [4.78, 5) is 8.43. The second-order valence-electron chi connectivity index (χ2n) is 3.82. The number of nitrogens with zero attached hydrogens (tertiary/aromatic N) is 2. The van der Waals surface area contributed by atoms with Gasteiger partial charge in [-0.3, -0.25) is 4.98 Å². The standard InChI is InChI=1S/C13H11N3O.C2H6/c14-10-3-1-2-9(4-5-10)13-16-11-6-7-15-8-12(11)17-13;1-2/h1-3,5-8H,4,14H2;1-2H3. The van der Waals surface area contributed by atoms with Gasteiger partial charge in [0.05, 0.1) is 6.20 Å². The van der Waals surface area contributed by atoms with Crippen molar-refractivity contribution in [3.05, 3.63) is 54.4 Å². The Morgan fingerprint density at radius 2 is 2.16 bits per heavy atom. The molecule has 0 aromatic carbocycles. The van der Waals surface area contributed by atoms with Gasteiger partial charge < -0.3 is 10.2 Å². The summed E-state index contributed by atoms with van der Waals surface area (Å²) in [6, 6.07) is 1.83. The van der Waals surface area contributed by atoms with E-state index < -0.39 is 0 Å². The SMILES string of the molecule is CC.NC1=CCC(c2nc3ccncc3o2)=CC=C1. The van der Waals surface area contributed by atoms with Crippen molar-refractivity contribution < 1.29 is 4.42 Å². The molecule has 3 rings (SSSR count). The molecule has 0 spiro atoms. The van der Waals surface area contributed by atoms with E-state index in [2.05, 4.69) is 9.97 Å². The Kier molecular flexibility index (Phi) is 4.13. The number of hydrogen-bond donors (Lipinski definition) is 1. The summed E-state index contributed by atoms with van der Waals surface area (Å²) in [5.74, 6) is 0.628. The number of nitrogens with two attached hydrogens (primary N) is 1. The summed E-state index contributed by atoms with van der Waals surface area (Å²) in [5, 5.41) is 0. The van der Waals surface area contributed by atoms with Crippen LogP contribution in [0.1, 0.15) is 26.2 Å². The molecule has 0 atom stereocenters. The first kappa shape index (κ1) is 13.1. The fourth-order valence-electron chi connectivity index (χ4n) is 1.72. The largest absolute Gasteiger partial charge is 0.435 e. The summed E-state index contributed by atoms with van der Waals surface area (Å²) in [6.45, 7) is 4.00. The fraction of sp³-hybridized carbons (Fsp3) is 0.200. The molecule has 0 unspecified atom stereocenters. The van der Waals surface area contributed by atoms with E-state index in [4.69, 9.17) is 10.2 Å². The van der Waals surface area contributed by atoms with Crippen LogP contribution in [0, 0.1) is 0 Å². The third-order valence-electron chi connectivity index (χ3n) is 2.61. The van der Waals surface area contributed by atoms with Crippen molar-refractivity contribution in [3.8, 4) is 0 Å². The van der Waals surface area contributed by atoms with E-state index in [-0.39, 0.29) is 0 Å². The van der Waals surface area contributed by atoms with Crippen molar-refractivity contribution in [2.45, 2.75) is 20.3 Å². The van der Waals surface area contributed by atoms with Gasteiger partial charge in [-0.05, 0) is 18.6 Å². The number of hydrogen-bond acceptors (Lipinski definition) is 4. The minimum Gasteiger partial charge on any atom is -0.435 e. The summed E-state index contributed by atoms with van der Waals surface area (Å²) in [5.41, 5.74) is 9.02. The van der Waals surface area contributed by atoms with Crippen molar-refractivity contribution in [1.29, 1.82) is 0 Å². The molecular formula is C15H17N3O. The Morgan fingerprint density at radius 3 is 2.95 bits per heavy atom. The highest BCUT2D eigenvalue weighted by molar-refractivity contribution is 5.75. The molecule has 19 heavy (non-hydrogen) atoms. The van der Waals surface area contributed by atoms with Gasteiger partial charge in [0.15, 0.2) is 5.58 Å². The molecule has 1 aliphatic rings. The van der Waals surface area contributed by atoms with Crippen LogP contribution in [0.2, 0.25) is 0 Å². The number of fused-ring (bicyclic) bond motifs is 1. The van der Waals surface area contributed by atoms with Gasteiger partial charge in [0.1, 0.15) is 5.52 Å². The molecule has 2 heterocycles. The molecule has 2 N–H and O–H groups in total. The maximum absolute atomic E-state index is 5.73. The molecule has 2 aromatic heterocycles. The molecule has 98 valence electrons. The minimum absolute atomic E-state index is 0.628. The maximum atomic E-state index is 5.73. The van der Waals surface area contributed by atoms with E-state index in [1.54, 1.807) is 12.4 Å². The van der Waals surface area contributed by atoms with Gasteiger partial charge in [0.2, 0.25) is 5.89 Å². The normalized spacial score (nSPS) is 14.2. The zero-order valence-electron chi connectivity index (χ0n) is 11.1. The predicted octanol–water partition coefficient (Wildman–Crippen LogP) is 3.43. The van der Waals surface area contributed by atoms with Gasteiger partial charge in [0, 0.05) is 17.5 Å². The molecule has 0 saturated carbocycles. The molecule has 0 radical (unpaired) electrons. The Balaban J connectivity index is 0.000000637. The van der Waals surface area contributed by atoms with Crippen LogP contribution in [0.3, 0.4) is 0 Å². The van der Waals surface area contributed by atoms with E-state index in [1.807, 2.05) is 44.2 Å². The highest BCUT2D eigenvalue weighted by atomic mass is 16.3. The van der Waals surface area contributed by atoms with Crippen LogP contribution in [-0.2, 0) is 0 Å². The first-order valence-corrected chi connectivity index (χ1v) is 6.37. The lowest BCUT2D eigenvalue weighted by Gasteiger charge is -1.96. The highest BCUT2D eigenvalue weighted by Gasteiger charge is 2.10. The van der Waals surface area contributed by atoms with Crippen molar-refractivity contribution in [1.82, 2.24) is 9.97 Å². The van der Waals surface area contributed by atoms with Crippen molar-refractivity contribution in [2.24, 2.45) is 5.73 Å². The third-order valence-corrected chi connectivity index (χ3v) is 2.61. The van der Waals surface area contributed by atoms with Gasteiger partial charge in [-0.2, -0.15) is 0 Å². The van der Waals surface area contributed by atoms with Crippen LogP contribution in [0.15, 0.2) is 52.9 Å². The van der Waals surface area contributed by atoms with Crippen molar-refractivity contribution in [2.75, 3.05) is 0 Å². The van der Waals surface area contributed by atoms with Crippen molar-refractivity contribution in [3.63, 3.8) is 0 Å². The highest BCUT2D eigenvalue weighted by Crippen LogP contribution is 2.24. The monoisotopic (exact) mass is 255 g/mol. The second-order valence-corrected chi connectivity index (χ2v) is 3.82. The Morgan fingerprint density at radius 1 is 1.32 bits per heavy atom. The Bertz CT molecular complexity index is 614. The lowest BCUT2D eigenvalue weighted by atomic mass is 10.2. The number of aromatic nitrogens is 2. The molecule has 2 aromatic rings. The van der Waals surface area contributed by atoms with Crippen LogP contribution in [0.5, 0.6) is 0 Å². The summed E-state index contributed by atoms with van der Waals surface area (Å²) < 4.78 is 5.65. The molecule has 0 amide bonds. The van der Waals surface area contributed by atoms with Crippen LogP contribution in [-0.4, -0.2) is 9.97 Å². The van der Waals surface area contributed by atoms with Gasteiger partial charge >= 0.3 is 0 Å². The molecule has 4 nitrogen and oxygen atoms in total. The molecule has 0 bridgehead atoms. The second kappa shape index (κ2) is 6.00. The zero-order valence-corrected chi connectivity index (χ0v) is 11.1. The average Bonchev–Trinajstić information content (AvgIpc) is 2.77.